The minimum atomic E-state index is -0.270. The van der Waals surface area contributed by atoms with E-state index in [2.05, 4.69) is 23.1 Å². The molecule has 1 heterocycles. The summed E-state index contributed by atoms with van der Waals surface area (Å²) < 4.78 is 0. The first-order valence-electron chi connectivity index (χ1n) is 5.71. The van der Waals surface area contributed by atoms with Gasteiger partial charge in [-0.25, -0.2) is 5.43 Å². The highest BCUT2D eigenvalue weighted by molar-refractivity contribution is 6.02. The van der Waals surface area contributed by atoms with E-state index >= 15 is 0 Å². The lowest BCUT2D eigenvalue weighted by atomic mass is 10.1. The van der Waals surface area contributed by atoms with Crippen LogP contribution < -0.4 is 16.2 Å². The molecule has 1 aromatic rings. The van der Waals surface area contributed by atoms with E-state index in [1.165, 1.54) is 0 Å². The number of hydrogen-bond donors (Lipinski definition) is 3. The van der Waals surface area contributed by atoms with Gasteiger partial charge in [0.2, 0.25) is 5.91 Å². The van der Waals surface area contributed by atoms with Crippen molar-refractivity contribution in [2.75, 3.05) is 11.9 Å². The lowest BCUT2D eigenvalue weighted by Gasteiger charge is -2.12. The van der Waals surface area contributed by atoms with Crippen LogP contribution in [-0.4, -0.2) is 12.5 Å². The smallest absolute Gasteiger partial charge is 0.247 e. The Morgan fingerprint density at radius 3 is 3.00 bits per heavy atom. The molecule has 0 spiro atoms. The van der Waals surface area contributed by atoms with E-state index in [4.69, 9.17) is 0 Å². The summed E-state index contributed by atoms with van der Waals surface area (Å²) >= 11 is 0. The van der Waals surface area contributed by atoms with Gasteiger partial charge in [0.25, 0.3) is 0 Å². The van der Waals surface area contributed by atoms with Crippen LogP contribution in [0.4, 0.5) is 5.69 Å². The molecular formula is C12H17N3O. The summed E-state index contributed by atoms with van der Waals surface area (Å²) in [6.07, 6.45) is 2.24. The molecule has 4 heteroatoms. The Morgan fingerprint density at radius 1 is 1.38 bits per heavy atom. The molecule has 1 amide bonds. The number of amides is 1. The van der Waals surface area contributed by atoms with Gasteiger partial charge in [0.05, 0.1) is 0 Å². The Labute approximate surface area is 95.4 Å². The molecule has 1 atom stereocenters. The number of anilines is 1. The maximum Gasteiger partial charge on any atom is 0.247 e. The van der Waals surface area contributed by atoms with Crippen molar-refractivity contribution in [3.05, 3.63) is 29.8 Å². The summed E-state index contributed by atoms with van der Waals surface area (Å²) in [4.78, 5) is 11.7. The second-order valence-corrected chi connectivity index (χ2v) is 3.93. The lowest BCUT2D eigenvalue weighted by Crippen LogP contribution is -2.39. The van der Waals surface area contributed by atoms with E-state index in [9.17, 15) is 4.79 Å². The van der Waals surface area contributed by atoms with Crippen LogP contribution in [0, 0.1) is 0 Å². The lowest BCUT2D eigenvalue weighted by molar-refractivity contribution is -0.117. The molecular weight excluding hydrogens is 202 g/mol. The quantitative estimate of drug-likeness (QED) is 0.520. The first-order valence-corrected chi connectivity index (χ1v) is 5.71. The van der Waals surface area contributed by atoms with Gasteiger partial charge in [0.15, 0.2) is 0 Å². The first kappa shape index (κ1) is 11.1. The van der Waals surface area contributed by atoms with Gasteiger partial charge in [-0.2, -0.15) is 0 Å². The van der Waals surface area contributed by atoms with Crippen LogP contribution in [0.5, 0.6) is 0 Å². The minimum Gasteiger partial charge on any atom is -0.324 e. The fourth-order valence-corrected chi connectivity index (χ4v) is 1.79. The summed E-state index contributed by atoms with van der Waals surface area (Å²) in [5.41, 5.74) is 8.06. The number of hydrogen-bond acceptors (Lipinski definition) is 3. The van der Waals surface area contributed by atoms with Gasteiger partial charge < -0.3 is 5.32 Å². The summed E-state index contributed by atoms with van der Waals surface area (Å²) in [7, 11) is 0. The van der Waals surface area contributed by atoms with Crippen LogP contribution in [-0.2, 0) is 4.79 Å². The van der Waals surface area contributed by atoms with Gasteiger partial charge in [-0.1, -0.05) is 31.5 Å². The normalized spacial score (nSPS) is 18.3. The summed E-state index contributed by atoms with van der Waals surface area (Å²) in [6.45, 7) is 3.02. The number of nitrogens with one attached hydrogen (secondary N) is 3. The molecule has 0 aliphatic carbocycles. The summed E-state index contributed by atoms with van der Waals surface area (Å²) in [6, 6.07) is 7.48. The molecule has 0 fully saturated rings. The van der Waals surface area contributed by atoms with E-state index in [0.29, 0.717) is 0 Å². The third kappa shape index (κ3) is 2.23. The summed E-state index contributed by atoms with van der Waals surface area (Å²) in [5.74, 6) is 0.00481. The zero-order valence-electron chi connectivity index (χ0n) is 9.42. The van der Waals surface area contributed by atoms with Gasteiger partial charge in [-0.15, -0.1) is 0 Å². The van der Waals surface area contributed by atoms with Crippen molar-refractivity contribution in [1.29, 1.82) is 0 Å². The highest BCUT2D eigenvalue weighted by Gasteiger charge is 2.29. The molecule has 1 aliphatic rings. The van der Waals surface area contributed by atoms with Gasteiger partial charge in [0.1, 0.15) is 6.04 Å². The monoisotopic (exact) mass is 219 g/mol. The minimum absolute atomic E-state index is 0.00481. The molecule has 4 nitrogen and oxygen atoms in total. The fourth-order valence-electron chi connectivity index (χ4n) is 1.79. The van der Waals surface area contributed by atoms with E-state index in [1.807, 2.05) is 24.3 Å². The second kappa shape index (κ2) is 5.09. The summed E-state index contributed by atoms with van der Waals surface area (Å²) in [5, 5.41) is 2.85. The van der Waals surface area contributed by atoms with Crippen LogP contribution in [0.25, 0.3) is 0 Å². The zero-order valence-corrected chi connectivity index (χ0v) is 9.42. The van der Waals surface area contributed by atoms with Crippen molar-refractivity contribution in [2.45, 2.75) is 25.8 Å². The molecule has 0 radical (unpaired) electrons. The standard InChI is InChI=1S/C12H17N3O/c1-2-3-8-13-15-11-9-6-4-5-7-10(9)14-12(11)16/h4-7,11,13,15H,2-3,8H2,1H3,(H,14,16). The molecule has 0 saturated heterocycles. The van der Waals surface area contributed by atoms with Crippen molar-refractivity contribution in [3.8, 4) is 0 Å². The number of hydrazine groups is 1. The van der Waals surface area contributed by atoms with E-state index in [1.54, 1.807) is 0 Å². The Morgan fingerprint density at radius 2 is 2.19 bits per heavy atom. The molecule has 3 N–H and O–H groups in total. The number of fused-ring (bicyclic) bond motifs is 1. The van der Waals surface area contributed by atoms with E-state index < -0.39 is 0 Å². The highest BCUT2D eigenvalue weighted by atomic mass is 16.2. The number of para-hydroxylation sites is 1. The van der Waals surface area contributed by atoms with Gasteiger partial charge in [0, 0.05) is 17.8 Å². The Bertz CT molecular complexity index is 378. The number of benzene rings is 1. The topological polar surface area (TPSA) is 53.2 Å². The fraction of sp³-hybridized carbons (Fsp3) is 0.417. The highest BCUT2D eigenvalue weighted by Crippen LogP contribution is 2.29. The van der Waals surface area contributed by atoms with Crippen molar-refractivity contribution in [1.82, 2.24) is 10.9 Å². The maximum atomic E-state index is 11.7. The van der Waals surface area contributed by atoms with Crippen molar-refractivity contribution in [3.63, 3.8) is 0 Å². The van der Waals surface area contributed by atoms with Crippen LogP contribution >= 0.6 is 0 Å². The molecule has 0 saturated carbocycles. The van der Waals surface area contributed by atoms with E-state index in [-0.39, 0.29) is 11.9 Å². The molecule has 0 bridgehead atoms. The van der Waals surface area contributed by atoms with Gasteiger partial charge in [-0.05, 0) is 12.5 Å². The third-order valence-corrected chi connectivity index (χ3v) is 2.69. The average Bonchev–Trinajstić information content (AvgIpc) is 2.61. The maximum absolute atomic E-state index is 11.7. The number of rotatable bonds is 5. The second-order valence-electron chi connectivity index (χ2n) is 3.93. The SMILES string of the molecule is CCCCNNC1C(=O)Nc2ccccc21. The average molecular weight is 219 g/mol. The molecule has 86 valence electrons. The molecule has 2 rings (SSSR count). The largest absolute Gasteiger partial charge is 0.324 e. The molecule has 1 unspecified atom stereocenters. The number of carbonyl (C=O) groups is 1. The molecule has 1 aromatic carbocycles. The van der Waals surface area contributed by atoms with Gasteiger partial charge >= 0.3 is 0 Å². The van der Waals surface area contributed by atoms with Crippen molar-refractivity contribution in [2.24, 2.45) is 0 Å². The third-order valence-electron chi connectivity index (χ3n) is 2.69. The Kier molecular flexibility index (Phi) is 3.54. The number of carbonyl (C=O) groups excluding carboxylic acids is 1. The van der Waals surface area contributed by atoms with Crippen LogP contribution in [0.15, 0.2) is 24.3 Å². The van der Waals surface area contributed by atoms with Gasteiger partial charge in [-0.3, -0.25) is 10.2 Å². The van der Waals surface area contributed by atoms with Crippen molar-refractivity contribution >= 4 is 11.6 Å². The molecule has 1 aliphatic heterocycles. The van der Waals surface area contributed by atoms with Crippen molar-refractivity contribution < 1.29 is 4.79 Å². The Hall–Kier alpha value is -1.39. The predicted molar refractivity (Wildman–Crippen MR) is 63.9 cm³/mol. The first-order chi connectivity index (χ1) is 7.83. The van der Waals surface area contributed by atoms with E-state index in [0.717, 1.165) is 30.6 Å². The Balaban J connectivity index is 1.97. The molecule has 16 heavy (non-hydrogen) atoms. The van der Waals surface area contributed by atoms with Crippen LogP contribution in [0.3, 0.4) is 0 Å². The number of unbranched alkanes of at least 4 members (excludes halogenated alkanes) is 1. The zero-order chi connectivity index (χ0) is 11.4. The van der Waals surface area contributed by atoms with Crippen LogP contribution in [0.1, 0.15) is 31.4 Å². The molecule has 0 aromatic heterocycles. The predicted octanol–water partition coefficient (Wildman–Crippen LogP) is 1.57. The van der Waals surface area contributed by atoms with Crippen LogP contribution in [0.2, 0.25) is 0 Å².